The Morgan fingerprint density at radius 1 is 1.12 bits per heavy atom. The molecule has 1 amide bonds. The third-order valence-electron chi connectivity index (χ3n) is 4.15. The van der Waals surface area contributed by atoms with Crippen LogP contribution in [0.15, 0.2) is 53.3 Å². The van der Waals surface area contributed by atoms with Crippen LogP contribution in [0.25, 0.3) is 10.8 Å². The fraction of sp³-hybridized carbons (Fsp3) is 0.167. The van der Waals surface area contributed by atoms with Crippen molar-refractivity contribution in [2.75, 3.05) is 7.05 Å². The molecular formula is C18H16FN3O2. The van der Waals surface area contributed by atoms with E-state index >= 15 is 0 Å². The molecule has 24 heavy (non-hydrogen) atoms. The number of benzene rings is 2. The molecule has 6 heteroatoms. The molecule has 0 aliphatic heterocycles. The lowest BCUT2D eigenvalue weighted by atomic mass is 10.1. The molecule has 0 saturated carbocycles. The van der Waals surface area contributed by atoms with E-state index in [1.165, 1.54) is 17.0 Å². The number of rotatable bonds is 3. The molecule has 0 spiro atoms. The first-order valence-electron chi connectivity index (χ1n) is 7.49. The smallest absolute Gasteiger partial charge is 0.275 e. The van der Waals surface area contributed by atoms with Gasteiger partial charge in [-0.3, -0.25) is 9.59 Å². The first-order chi connectivity index (χ1) is 11.5. The molecule has 5 nitrogen and oxygen atoms in total. The van der Waals surface area contributed by atoms with Crippen molar-refractivity contribution >= 4 is 16.7 Å². The monoisotopic (exact) mass is 325 g/mol. The number of aromatic amines is 1. The summed E-state index contributed by atoms with van der Waals surface area (Å²) in [5.41, 5.74) is 0.652. The van der Waals surface area contributed by atoms with E-state index in [0.29, 0.717) is 10.8 Å². The summed E-state index contributed by atoms with van der Waals surface area (Å²) >= 11 is 0. The van der Waals surface area contributed by atoms with Crippen LogP contribution in [0.1, 0.15) is 29.0 Å². The largest absolute Gasteiger partial charge is 0.334 e. The Kier molecular flexibility index (Phi) is 4.12. The third-order valence-corrected chi connectivity index (χ3v) is 4.15. The Morgan fingerprint density at radius 3 is 2.42 bits per heavy atom. The number of carbonyl (C=O) groups excluding carboxylic acids is 1. The van der Waals surface area contributed by atoms with E-state index in [9.17, 15) is 14.0 Å². The Bertz CT molecular complexity index is 950. The Morgan fingerprint density at radius 2 is 1.75 bits per heavy atom. The molecule has 0 radical (unpaired) electrons. The lowest BCUT2D eigenvalue weighted by Crippen LogP contribution is -2.31. The first-order valence-corrected chi connectivity index (χ1v) is 7.49. The van der Waals surface area contributed by atoms with Crippen molar-refractivity contribution in [3.63, 3.8) is 0 Å². The van der Waals surface area contributed by atoms with E-state index in [-0.39, 0.29) is 29.0 Å². The molecule has 1 heterocycles. The standard InChI is InChI=1S/C18H16FN3O2/c1-11(12-7-9-13(19)10-8-12)22(2)18(24)16-14-5-3-4-6-15(14)17(23)21-20-16/h3-11H,1-2H3,(H,21,23). The van der Waals surface area contributed by atoms with Gasteiger partial charge in [-0.05, 0) is 30.7 Å². The average molecular weight is 325 g/mol. The van der Waals surface area contributed by atoms with Crippen LogP contribution in [0.3, 0.4) is 0 Å². The van der Waals surface area contributed by atoms with Crippen LogP contribution in [0.4, 0.5) is 4.39 Å². The molecule has 0 saturated heterocycles. The second-order valence-electron chi connectivity index (χ2n) is 5.59. The number of nitrogens with one attached hydrogen (secondary N) is 1. The summed E-state index contributed by atoms with van der Waals surface area (Å²) in [5.74, 6) is -0.646. The maximum Gasteiger partial charge on any atom is 0.275 e. The van der Waals surface area contributed by atoms with Crippen molar-refractivity contribution in [3.8, 4) is 0 Å². The lowest BCUT2D eigenvalue weighted by Gasteiger charge is -2.25. The van der Waals surface area contributed by atoms with Crippen LogP contribution >= 0.6 is 0 Å². The highest BCUT2D eigenvalue weighted by molar-refractivity contribution is 6.04. The van der Waals surface area contributed by atoms with Gasteiger partial charge in [0.25, 0.3) is 11.5 Å². The molecule has 3 aromatic rings. The number of carbonyl (C=O) groups is 1. The number of hydrogen-bond acceptors (Lipinski definition) is 3. The lowest BCUT2D eigenvalue weighted by molar-refractivity contribution is 0.0737. The van der Waals surface area contributed by atoms with E-state index in [1.54, 1.807) is 43.4 Å². The van der Waals surface area contributed by atoms with Gasteiger partial charge in [-0.25, -0.2) is 9.49 Å². The van der Waals surface area contributed by atoms with Crippen LogP contribution < -0.4 is 5.56 Å². The Balaban J connectivity index is 1.98. The molecular weight excluding hydrogens is 309 g/mol. The molecule has 0 fully saturated rings. The summed E-state index contributed by atoms with van der Waals surface area (Å²) in [6.45, 7) is 1.85. The van der Waals surface area contributed by atoms with Gasteiger partial charge in [-0.15, -0.1) is 0 Å². The number of hydrogen-bond donors (Lipinski definition) is 1. The SMILES string of the molecule is CC(c1ccc(F)cc1)N(C)C(=O)c1n[nH]c(=O)c2ccccc12. The second kappa shape index (κ2) is 6.23. The highest BCUT2D eigenvalue weighted by atomic mass is 19.1. The van der Waals surface area contributed by atoms with E-state index in [0.717, 1.165) is 5.56 Å². The molecule has 1 aromatic heterocycles. The molecule has 0 aliphatic carbocycles. The van der Waals surface area contributed by atoms with E-state index in [4.69, 9.17) is 0 Å². The van der Waals surface area contributed by atoms with E-state index < -0.39 is 0 Å². The normalized spacial score (nSPS) is 12.1. The molecule has 0 bridgehead atoms. The van der Waals surface area contributed by atoms with E-state index in [2.05, 4.69) is 10.2 Å². The minimum atomic E-state index is -0.337. The van der Waals surface area contributed by atoms with Crippen molar-refractivity contribution < 1.29 is 9.18 Å². The average Bonchev–Trinajstić information content (AvgIpc) is 2.61. The number of aromatic nitrogens is 2. The van der Waals surface area contributed by atoms with Gasteiger partial charge in [-0.1, -0.05) is 30.3 Å². The minimum Gasteiger partial charge on any atom is -0.334 e. The predicted molar refractivity (Wildman–Crippen MR) is 89.3 cm³/mol. The van der Waals surface area contributed by atoms with E-state index in [1.807, 2.05) is 6.92 Å². The minimum absolute atomic E-state index is 0.182. The quantitative estimate of drug-likeness (QED) is 0.805. The number of halogens is 1. The Hall–Kier alpha value is -3.02. The van der Waals surface area contributed by atoms with Crippen molar-refractivity contribution in [1.29, 1.82) is 0 Å². The zero-order valence-corrected chi connectivity index (χ0v) is 13.3. The van der Waals surface area contributed by atoms with Gasteiger partial charge < -0.3 is 4.90 Å². The zero-order valence-electron chi connectivity index (χ0n) is 13.3. The molecule has 1 unspecified atom stereocenters. The fourth-order valence-corrected chi connectivity index (χ4v) is 2.59. The number of H-pyrrole nitrogens is 1. The summed E-state index contributed by atoms with van der Waals surface area (Å²) in [4.78, 5) is 26.2. The number of fused-ring (bicyclic) bond motifs is 1. The van der Waals surface area contributed by atoms with Gasteiger partial charge in [-0.2, -0.15) is 5.10 Å². The van der Waals surface area contributed by atoms with Crippen LogP contribution in [0.2, 0.25) is 0 Å². The summed E-state index contributed by atoms with van der Waals surface area (Å²) in [5, 5.41) is 7.21. The summed E-state index contributed by atoms with van der Waals surface area (Å²) in [7, 11) is 1.65. The van der Waals surface area contributed by atoms with Crippen LogP contribution in [0.5, 0.6) is 0 Å². The van der Waals surface area contributed by atoms with Gasteiger partial charge in [0, 0.05) is 12.4 Å². The molecule has 0 aliphatic rings. The summed E-state index contributed by atoms with van der Waals surface area (Å²) < 4.78 is 13.1. The van der Waals surface area contributed by atoms with Gasteiger partial charge >= 0.3 is 0 Å². The number of amides is 1. The first kappa shape index (κ1) is 15.9. The number of nitrogens with zero attached hydrogens (tertiary/aromatic N) is 2. The van der Waals surface area contributed by atoms with Crippen molar-refractivity contribution in [2.45, 2.75) is 13.0 Å². The van der Waals surface area contributed by atoms with Gasteiger partial charge in [0.2, 0.25) is 0 Å². The van der Waals surface area contributed by atoms with Gasteiger partial charge in [0.15, 0.2) is 5.69 Å². The zero-order chi connectivity index (χ0) is 17.3. The highest BCUT2D eigenvalue weighted by Gasteiger charge is 2.22. The van der Waals surface area contributed by atoms with Crippen LogP contribution in [0, 0.1) is 5.82 Å². The van der Waals surface area contributed by atoms with Gasteiger partial charge in [0.1, 0.15) is 5.82 Å². The molecule has 2 aromatic carbocycles. The molecule has 122 valence electrons. The fourth-order valence-electron chi connectivity index (χ4n) is 2.59. The molecule has 1 N–H and O–H groups in total. The van der Waals surface area contributed by atoms with Gasteiger partial charge in [0.05, 0.1) is 11.4 Å². The predicted octanol–water partition coefficient (Wildman–Crippen LogP) is 2.90. The highest BCUT2D eigenvalue weighted by Crippen LogP contribution is 2.22. The van der Waals surface area contributed by atoms with Crippen molar-refractivity contribution in [3.05, 3.63) is 76.0 Å². The van der Waals surface area contributed by atoms with Crippen LogP contribution in [-0.4, -0.2) is 28.1 Å². The molecule has 1 atom stereocenters. The van der Waals surface area contributed by atoms with Crippen molar-refractivity contribution in [1.82, 2.24) is 15.1 Å². The van der Waals surface area contributed by atoms with Crippen molar-refractivity contribution in [2.24, 2.45) is 0 Å². The maximum absolute atomic E-state index is 13.1. The topological polar surface area (TPSA) is 66.1 Å². The second-order valence-corrected chi connectivity index (χ2v) is 5.59. The maximum atomic E-state index is 13.1. The Labute approximate surface area is 137 Å². The van der Waals surface area contributed by atoms with Crippen LogP contribution in [-0.2, 0) is 0 Å². The summed E-state index contributed by atoms with van der Waals surface area (Å²) in [6, 6.07) is 12.6. The molecule has 3 rings (SSSR count). The third kappa shape index (κ3) is 2.78. The summed E-state index contributed by atoms with van der Waals surface area (Å²) in [6.07, 6.45) is 0.